The van der Waals surface area contributed by atoms with Crippen molar-refractivity contribution < 1.29 is 0 Å². The van der Waals surface area contributed by atoms with Crippen molar-refractivity contribution >= 4 is 11.4 Å². The van der Waals surface area contributed by atoms with Gasteiger partial charge in [0.15, 0.2) is 0 Å². The first kappa shape index (κ1) is 22.8. The summed E-state index contributed by atoms with van der Waals surface area (Å²) in [5, 5.41) is 7.29. The van der Waals surface area contributed by atoms with Gasteiger partial charge in [0.1, 0.15) is 0 Å². The number of hydrogen-bond donors (Lipinski definition) is 2. The summed E-state index contributed by atoms with van der Waals surface area (Å²) in [7, 11) is 0. The highest BCUT2D eigenvalue weighted by atomic mass is 15.1. The van der Waals surface area contributed by atoms with Gasteiger partial charge in [-0.1, -0.05) is 42.5 Å². The van der Waals surface area contributed by atoms with Gasteiger partial charge in [0.2, 0.25) is 0 Å². The summed E-state index contributed by atoms with van der Waals surface area (Å²) in [5.41, 5.74) is 8.87. The molecule has 0 radical (unpaired) electrons. The van der Waals surface area contributed by atoms with Crippen LogP contribution in [0.3, 0.4) is 0 Å². The average molecular weight is 417 g/mol. The molecule has 164 valence electrons. The average Bonchev–Trinajstić information content (AvgIpc) is 2.75. The zero-order chi connectivity index (χ0) is 22.1. The lowest BCUT2D eigenvalue weighted by Crippen LogP contribution is -2.31. The third kappa shape index (κ3) is 6.83. The molecule has 4 nitrogen and oxygen atoms in total. The van der Waals surface area contributed by atoms with Gasteiger partial charge in [-0.2, -0.15) is 0 Å². The van der Waals surface area contributed by atoms with Crippen molar-refractivity contribution in [3.05, 3.63) is 88.7 Å². The lowest BCUT2D eigenvalue weighted by atomic mass is 10.1. The molecule has 0 unspecified atom stereocenters. The van der Waals surface area contributed by atoms with Crippen molar-refractivity contribution in [1.82, 2.24) is 9.88 Å². The first-order valence-corrected chi connectivity index (χ1v) is 11.3. The smallest absolute Gasteiger partial charge is 0.0543 e. The minimum Gasteiger partial charge on any atom is -0.385 e. The Morgan fingerprint density at radius 3 is 1.81 bits per heavy atom. The largest absolute Gasteiger partial charge is 0.385 e. The molecule has 31 heavy (non-hydrogen) atoms. The van der Waals surface area contributed by atoms with E-state index < -0.39 is 0 Å². The van der Waals surface area contributed by atoms with Gasteiger partial charge < -0.3 is 10.6 Å². The first-order valence-electron chi connectivity index (χ1n) is 11.3. The second-order valence-corrected chi connectivity index (χ2v) is 8.34. The van der Waals surface area contributed by atoms with Crippen LogP contribution in [0.5, 0.6) is 0 Å². The number of aromatic nitrogens is 1. The molecule has 0 bridgehead atoms. The van der Waals surface area contributed by atoms with E-state index in [-0.39, 0.29) is 0 Å². The highest BCUT2D eigenvalue weighted by molar-refractivity contribution is 5.57. The number of para-hydroxylation sites is 2. The summed E-state index contributed by atoms with van der Waals surface area (Å²) < 4.78 is 0. The zero-order valence-electron chi connectivity index (χ0n) is 19.4. The maximum absolute atomic E-state index is 4.53. The number of nitrogens with one attached hydrogen (secondary N) is 2. The van der Waals surface area contributed by atoms with Gasteiger partial charge in [-0.15, -0.1) is 0 Å². The number of pyridine rings is 1. The maximum Gasteiger partial charge on any atom is 0.0543 e. The molecule has 0 aliphatic rings. The monoisotopic (exact) mass is 416 g/mol. The molecule has 2 aromatic carbocycles. The maximum atomic E-state index is 4.53. The van der Waals surface area contributed by atoms with Crippen LogP contribution in [0.25, 0.3) is 0 Å². The van der Waals surface area contributed by atoms with Crippen LogP contribution in [-0.2, 0) is 6.54 Å². The standard InChI is InChI=1S/C27H36N4/c1-21-10-7-11-22(2)26(21)29-16-9-18-31(20-25-14-5-6-15-28-25)19-17-30-27-23(3)12-8-13-24(27)4/h5-8,10-15,29-30H,9,16-20H2,1-4H3. The van der Waals surface area contributed by atoms with Crippen LogP contribution in [-0.4, -0.2) is 36.1 Å². The van der Waals surface area contributed by atoms with Gasteiger partial charge in [0, 0.05) is 50.3 Å². The third-order valence-electron chi connectivity index (χ3n) is 5.76. The minimum atomic E-state index is 0.874. The molecule has 3 rings (SSSR count). The Hall–Kier alpha value is -2.85. The van der Waals surface area contributed by atoms with Gasteiger partial charge in [-0.05, 0) is 68.5 Å². The molecule has 0 spiro atoms. The Kier molecular flexibility index (Phi) is 8.48. The molecule has 0 atom stereocenters. The molecular formula is C27H36N4. The summed E-state index contributed by atoms with van der Waals surface area (Å²) in [4.78, 5) is 7.03. The van der Waals surface area contributed by atoms with Gasteiger partial charge >= 0.3 is 0 Å². The molecule has 1 aromatic heterocycles. The lowest BCUT2D eigenvalue weighted by molar-refractivity contribution is 0.271. The highest BCUT2D eigenvalue weighted by Crippen LogP contribution is 2.20. The first-order chi connectivity index (χ1) is 15.0. The van der Waals surface area contributed by atoms with E-state index >= 15 is 0 Å². The van der Waals surface area contributed by atoms with E-state index in [1.807, 2.05) is 12.3 Å². The normalized spacial score (nSPS) is 11.0. The van der Waals surface area contributed by atoms with Gasteiger partial charge in [0.05, 0.1) is 5.69 Å². The van der Waals surface area contributed by atoms with Crippen molar-refractivity contribution in [2.45, 2.75) is 40.7 Å². The molecule has 4 heteroatoms. The second-order valence-electron chi connectivity index (χ2n) is 8.34. The fourth-order valence-electron chi connectivity index (χ4n) is 4.03. The third-order valence-corrected chi connectivity index (χ3v) is 5.76. The SMILES string of the molecule is Cc1cccc(C)c1NCCCN(CCNc1c(C)cccc1C)Cc1ccccn1. The molecule has 0 aliphatic heterocycles. The zero-order valence-corrected chi connectivity index (χ0v) is 19.4. The van der Waals surface area contributed by atoms with E-state index in [0.29, 0.717) is 0 Å². The molecule has 1 heterocycles. The summed E-state index contributed by atoms with van der Waals surface area (Å²) in [6.45, 7) is 13.4. The fourth-order valence-corrected chi connectivity index (χ4v) is 4.03. The van der Waals surface area contributed by atoms with E-state index in [0.717, 1.165) is 44.8 Å². The predicted octanol–water partition coefficient (Wildman–Crippen LogP) is 5.73. The van der Waals surface area contributed by atoms with Crippen LogP contribution in [0.2, 0.25) is 0 Å². The molecule has 0 amide bonds. The van der Waals surface area contributed by atoms with Gasteiger partial charge in [-0.3, -0.25) is 9.88 Å². The summed E-state index contributed by atoms with van der Waals surface area (Å²) in [6, 6.07) is 19.1. The fraction of sp³-hybridized carbons (Fsp3) is 0.370. The van der Waals surface area contributed by atoms with Crippen LogP contribution >= 0.6 is 0 Å². The Bertz CT molecular complexity index is 912. The molecular weight excluding hydrogens is 380 g/mol. The van der Waals surface area contributed by atoms with Crippen molar-refractivity contribution in [1.29, 1.82) is 0 Å². The topological polar surface area (TPSA) is 40.2 Å². The van der Waals surface area contributed by atoms with E-state index in [1.165, 1.54) is 33.6 Å². The van der Waals surface area contributed by atoms with Gasteiger partial charge in [0.25, 0.3) is 0 Å². The van der Waals surface area contributed by atoms with Crippen LogP contribution in [0.4, 0.5) is 11.4 Å². The van der Waals surface area contributed by atoms with E-state index in [4.69, 9.17) is 0 Å². The molecule has 3 aromatic rings. The Morgan fingerprint density at radius 2 is 1.26 bits per heavy atom. The van der Waals surface area contributed by atoms with Crippen molar-refractivity contribution in [2.75, 3.05) is 36.8 Å². The van der Waals surface area contributed by atoms with Crippen LogP contribution in [0, 0.1) is 27.7 Å². The number of rotatable bonds is 11. The molecule has 0 aliphatic carbocycles. The van der Waals surface area contributed by atoms with Gasteiger partial charge in [-0.25, -0.2) is 0 Å². The molecule has 2 N–H and O–H groups in total. The molecule has 0 fully saturated rings. The van der Waals surface area contributed by atoms with Crippen molar-refractivity contribution in [2.24, 2.45) is 0 Å². The Balaban J connectivity index is 1.54. The summed E-state index contributed by atoms with van der Waals surface area (Å²) in [5.74, 6) is 0. The van der Waals surface area contributed by atoms with Crippen LogP contribution in [0.1, 0.15) is 34.4 Å². The Morgan fingerprint density at radius 1 is 0.677 bits per heavy atom. The number of anilines is 2. The van der Waals surface area contributed by atoms with Crippen LogP contribution < -0.4 is 10.6 Å². The Labute approximate surface area is 187 Å². The minimum absolute atomic E-state index is 0.874. The quantitative estimate of drug-likeness (QED) is 0.392. The number of aryl methyl sites for hydroxylation is 4. The van der Waals surface area contributed by atoms with E-state index in [2.05, 4.69) is 96.7 Å². The lowest BCUT2D eigenvalue weighted by Gasteiger charge is -2.23. The van der Waals surface area contributed by atoms with E-state index in [1.54, 1.807) is 0 Å². The molecule has 0 saturated carbocycles. The number of nitrogens with zero attached hydrogens (tertiary/aromatic N) is 2. The highest BCUT2D eigenvalue weighted by Gasteiger charge is 2.09. The van der Waals surface area contributed by atoms with Crippen LogP contribution in [0.15, 0.2) is 60.8 Å². The molecule has 0 saturated heterocycles. The second kappa shape index (κ2) is 11.5. The predicted molar refractivity (Wildman–Crippen MR) is 133 cm³/mol. The van der Waals surface area contributed by atoms with Crippen molar-refractivity contribution in [3.63, 3.8) is 0 Å². The number of benzene rings is 2. The van der Waals surface area contributed by atoms with E-state index in [9.17, 15) is 0 Å². The van der Waals surface area contributed by atoms with Crippen molar-refractivity contribution in [3.8, 4) is 0 Å². The summed E-state index contributed by atoms with van der Waals surface area (Å²) >= 11 is 0. The summed E-state index contributed by atoms with van der Waals surface area (Å²) in [6.07, 6.45) is 2.97. The number of hydrogen-bond acceptors (Lipinski definition) is 4.